The molecule has 0 atom stereocenters. The Kier molecular flexibility index (Phi) is 6.09. The van der Waals surface area contributed by atoms with Crippen LogP contribution in [0, 0.1) is 0 Å². The number of nitrogens with zero attached hydrogens (tertiary/aromatic N) is 3. The van der Waals surface area contributed by atoms with Crippen LogP contribution >= 0.6 is 22.7 Å². The van der Waals surface area contributed by atoms with E-state index in [9.17, 15) is 0 Å². The highest BCUT2D eigenvalue weighted by molar-refractivity contribution is 7.27. The Hall–Kier alpha value is -6.40. The first-order chi connectivity index (χ1) is 26.3. The van der Waals surface area contributed by atoms with Crippen molar-refractivity contribution in [3.05, 3.63) is 164 Å². The number of benzene rings is 8. The maximum absolute atomic E-state index is 5.58. The zero-order valence-corrected chi connectivity index (χ0v) is 29.9. The largest absolute Gasteiger partial charge is 0.277 e. The average Bonchev–Trinajstić information content (AvgIpc) is 3.91. The van der Waals surface area contributed by atoms with Crippen molar-refractivity contribution in [1.29, 1.82) is 0 Å². The molecule has 53 heavy (non-hydrogen) atoms. The predicted molar refractivity (Wildman–Crippen MR) is 228 cm³/mol. The van der Waals surface area contributed by atoms with Gasteiger partial charge in [0.2, 0.25) is 5.95 Å². The highest BCUT2D eigenvalue weighted by Gasteiger charge is 2.24. The minimum Gasteiger partial charge on any atom is -0.277 e. The van der Waals surface area contributed by atoms with Crippen molar-refractivity contribution in [3.8, 4) is 28.3 Å². The molecule has 0 unspecified atom stereocenters. The molecule has 0 saturated carbocycles. The molecule has 0 aliphatic heterocycles. The van der Waals surface area contributed by atoms with Gasteiger partial charge in [-0.2, -0.15) is 0 Å². The van der Waals surface area contributed by atoms with E-state index in [1.54, 1.807) is 11.3 Å². The predicted octanol–water partition coefficient (Wildman–Crippen LogP) is 13.9. The summed E-state index contributed by atoms with van der Waals surface area (Å²) in [6.45, 7) is 0. The quantitative estimate of drug-likeness (QED) is 0.183. The lowest BCUT2D eigenvalue weighted by Gasteiger charge is -2.12. The van der Waals surface area contributed by atoms with Crippen molar-refractivity contribution in [2.24, 2.45) is 0 Å². The Morgan fingerprint density at radius 3 is 1.83 bits per heavy atom. The molecule has 0 N–H and O–H groups in total. The third-order valence-corrected chi connectivity index (χ3v) is 13.1. The van der Waals surface area contributed by atoms with Gasteiger partial charge in [-0.05, 0) is 57.6 Å². The van der Waals surface area contributed by atoms with Crippen molar-refractivity contribution in [1.82, 2.24) is 14.5 Å². The fourth-order valence-corrected chi connectivity index (χ4v) is 10.8. The van der Waals surface area contributed by atoms with Gasteiger partial charge in [-0.1, -0.05) is 133 Å². The van der Waals surface area contributed by atoms with E-state index in [0.29, 0.717) is 5.95 Å². The van der Waals surface area contributed by atoms with Gasteiger partial charge in [-0.25, -0.2) is 9.97 Å². The number of fused-ring (bicyclic) bond motifs is 14. The van der Waals surface area contributed by atoms with Gasteiger partial charge in [0.25, 0.3) is 0 Å². The van der Waals surface area contributed by atoms with Crippen molar-refractivity contribution in [3.63, 3.8) is 0 Å². The second kappa shape index (κ2) is 11.1. The molecule has 246 valence electrons. The summed E-state index contributed by atoms with van der Waals surface area (Å²) in [7, 11) is 0. The second-order valence-electron chi connectivity index (χ2n) is 13.7. The van der Waals surface area contributed by atoms with Crippen LogP contribution in [0.1, 0.15) is 0 Å². The first-order valence-corrected chi connectivity index (χ1v) is 19.5. The van der Waals surface area contributed by atoms with Crippen LogP contribution in [0.2, 0.25) is 0 Å². The van der Waals surface area contributed by atoms with Crippen molar-refractivity contribution in [2.45, 2.75) is 0 Å². The molecule has 0 spiro atoms. The van der Waals surface area contributed by atoms with E-state index in [0.717, 1.165) is 37.9 Å². The molecular weight excluding hydrogens is 683 g/mol. The first kappa shape index (κ1) is 29.2. The zero-order valence-electron chi connectivity index (χ0n) is 28.2. The van der Waals surface area contributed by atoms with Gasteiger partial charge in [0, 0.05) is 52.0 Å². The lowest BCUT2D eigenvalue weighted by molar-refractivity contribution is 1.02. The Morgan fingerprint density at radius 1 is 0.415 bits per heavy atom. The van der Waals surface area contributed by atoms with Crippen LogP contribution in [0.4, 0.5) is 0 Å². The van der Waals surface area contributed by atoms with Gasteiger partial charge in [0.1, 0.15) is 0 Å². The van der Waals surface area contributed by atoms with Crippen LogP contribution in [0.5, 0.6) is 0 Å². The minimum atomic E-state index is 0.687. The SMILES string of the molecule is c1ccc(-c2ccc3cc(-c4nc(-n5c6ccccc6c6c7sc8ccccc8c7c7ccccc7c65)nc5c4sc4ccccc45)ccc3c2)cc1. The molecule has 12 rings (SSSR count). The lowest BCUT2D eigenvalue weighted by atomic mass is 9.99. The Balaban J connectivity index is 1.19. The lowest BCUT2D eigenvalue weighted by Crippen LogP contribution is -2.03. The molecule has 8 aromatic carbocycles. The molecule has 12 aromatic rings. The Labute approximate surface area is 311 Å². The molecule has 0 radical (unpaired) electrons. The van der Waals surface area contributed by atoms with Crippen molar-refractivity contribution < 1.29 is 0 Å². The van der Waals surface area contributed by atoms with Crippen LogP contribution in [-0.2, 0) is 0 Å². The molecule has 3 nitrogen and oxygen atoms in total. The van der Waals surface area contributed by atoms with Crippen LogP contribution in [0.25, 0.3) is 112 Å². The summed E-state index contributed by atoms with van der Waals surface area (Å²) in [6, 6.07) is 59.2. The summed E-state index contributed by atoms with van der Waals surface area (Å²) in [5.74, 6) is 0.687. The van der Waals surface area contributed by atoms with Crippen molar-refractivity contribution in [2.75, 3.05) is 0 Å². The molecule has 4 aromatic heterocycles. The monoisotopic (exact) mass is 709 g/mol. The van der Waals surface area contributed by atoms with Gasteiger partial charge in [0.05, 0.1) is 26.9 Å². The van der Waals surface area contributed by atoms with E-state index in [1.165, 1.54) is 68.3 Å². The van der Waals surface area contributed by atoms with Crippen LogP contribution in [0.15, 0.2) is 164 Å². The molecule has 0 amide bonds. The summed E-state index contributed by atoms with van der Waals surface area (Å²) in [5, 5.41) is 11.1. The van der Waals surface area contributed by atoms with Gasteiger partial charge >= 0.3 is 0 Å². The highest BCUT2D eigenvalue weighted by atomic mass is 32.1. The van der Waals surface area contributed by atoms with E-state index < -0.39 is 0 Å². The molecule has 0 fully saturated rings. The fourth-order valence-electron chi connectivity index (χ4n) is 8.41. The van der Waals surface area contributed by atoms with E-state index >= 15 is 0 Å². The molecule has 0 bridgehead atoms. The van der Waals surface area contributed by atoms with Gasteiger partial charge < -0.3 is 0 Å². The van der Waals surface area contributed by atoms with Gasteiger partial charge in [0.15, 0.2) is 0 Å². The number of hydrogen-bond donors (Lipinski definition) is 0. The van der Waals surface area contributed by atoms with Gasteiger partial charge in [-0.15, -0.1) is 22.7 Å². The maximum Gasteiger partial charge on any atom is 0.235 e. The van der Waals surface area contributed by atoms with Gasteiger partial charge in [-0.3, -0.25) is 4.57 Å². The molecule has 4 heterocycles. The number of thiophene rings is 2. The summed E-state index contributed by atoms with van der Waals surface area (Å²) < 4.78 is 7.26. The summed E-state index contributed by atoms with van der Waals surface area (Å²) >= 11 is 3.66. The van der Waals surface area contributed by atoms with Crippen LogP contribution in [-0.4, -0.2) is 14.5 Å². The Morgan fingerprint density at radius 2 is 1.02 bits per heavy atom. The third kappa shape index (κ3) is 4.20. The van der Waals surface area contributed by atoms with Crippen LogP contribution < -0.4 is 0 Å². The topological polar surface area (TPSA) is 30.7 Å². The zero-order chi connectivity index (χ0) is 34.6. The minimum absolute atomic E-state index is 0.687. The highest BCUT2D eigenvalue weighted by Crippen LogP contribution is 2.48. The number of para-hydroxylation sites is 1. The summed E-state index contributed by atoms with van der Waals surface area (Å²) in [6.07, 6.45) is 0. The second-order valence-corrected chi connectivity index (χ2v) is 15.8. The number of rotatable bonds is 3. The third-order valence-electron chi connectivity index (χ3n) is 10.8. The normalized spacial score (nSPS) is 12.2. The average molecular weight is 710 g/mol. The molecular formula is C48H27N3S2. The van der Waals surface area contributed by atoms with E-state index in [1.807, 2.05) is 11.3 Å². The van der Waals surface area contributed by atoms with E-state index in [-0.39, 0.29) is 0 Å². The number of aromatic nitrogens is 3. The maximum atomic E-state index is 5.58. The first-order valence-electron chi connectivity index (χ1n) is 17.8. The van der Waals surface area contributed by atoms with E-state index in [4.69, 9.17) is 9.97 Å². The Bertz CT molecular complexity index is 3460. The van der Waals surface area contributed by atoms with E-state index in [2.05, 4.69) is 168 Å². The molecule has 0 aliphatic carbocycles. The molecule has 0 saturated heterocycles. The van der Waals surface area contributed by atoms with Crippen LogP contribution in [0.3, 0.4) is 0 Å². The summed E-state index contributed by atoms with van der Waals surface area (Å²) in [4.78, 5) is 11.1. The number of hydrogen-bond acceptors (Lipinski definition) is 4. The fraction of sp³-hybridized carbons (Fsp3) is 0. The molecule has 0 aliphatic rings. The smallest absolute Gasteiger partial charge is 0.235 e. The summed E-state index contributed by atoms with van der Waals surface area (Å²) in [5.41, 5.74) is 7.72. The molecule has 5 heteroatoms. The van der Waals surface area contributed by atoms with Crippen molar-refractivity contribution >= 4 is 106 Å². The standard InChI is InChI=1S/C48H27N3S2/c1-2-12-28(13-3-1)29-22-23-31-27-32(25-24-30(31)26-29)43-47-44(37-18-8-11-21-40(37)53-47)50-48(49-43)51-38-19-9-6-16-35(38)42-45(51)34-15-5-4-14-33(34)41-36-17-7-10-20-39(36)52-46(41)42/h1-27H.